The Bertz CT molecular complexity index is 648. The minimum absolute atomic E-state index is 0.0359. The third-order valence-corrected chi connectivity index (χ3v) is 3.29. The number of hydrogen-bond donors (Lipinski definition) is 3. The third kappa shape index (κ3) is 5.84. The fourth-order valence-corrected chi connectivity index (χ4v) is 2.10. The molecule has 0 spiro atoms. The number of nitrogens with two attached hydrogens (primary N) is 1. The molecule has 3 rings (SSSR count). The van der Waals surface area contributed by atoms with E-state index in [0.29, 0.717) is 17.5 Å². The highest BCUT2D eigenvalue weighted by Gasteiger charge is 2.07. The van der Waals surface area contributed by atoms with Gasteiger partial charge < -0.3 is 16.2 Å². The molecule has 8 nitrogen and oxygen atoms in total. The van der Waals surface area contributed by atoms with Gasteiger partial charge in [-0.15, -0.1) is 0 Å². The smallest absolute Gasteiger partial charge is 0.158 e. The first-order valence-electron chi connectivity index (χ1n) is 7.42. The van der Waals surface area contributed by atoms with Crippen LogP contribution in [0.15, 0.2) is 24.8 Å². The van der Waals surface area contributed by atoms with Gasteiger partial charge in [0.05, 0.1) is 18.5 Å². The van der Waals surface area contributed by atoms with E-state index in [9.17, 15) is 0 Å². The van der Waals surface area contributed by atoms with Gasteiger partial charge in [0.1, 0.15) is 29.9 Å². The van der Waals surface area contributed by atoms with Crippen molar-refractivity contribution in [1.82, 2.24) is 19.9 Å². The number of anilines is 3. The van der Waals surface area contributed by atoms with E-state index in [2.05, 4.69) is 25.3 Å². The van der Waals surface area contributed by atoms with Crippen LogP contribution in [0.3, 0.4) is 0 Å². The average molecular weight is 313 g/mol. The van der Waals surface area contributed by atoms with E-state index in [1.165, 1.54) is 38.0 Å². The number of nitriles is 1. The van der Waals surface area contributed by atoms with Crippen molar-refractivity contribution >= 4 is 17.5 Å². The number of hydrogen-bond acceptors (Lipinski definition) is 8. The topological polar surface area (TPSA) is 134 Å². The molecule has 8 heteroatoms. The maximum absolute atomic E-state index is 8.91. The van der Waals surface area contributed by atoms with Crippen LogP contribution in [0.5, 0.6) is 0 Å². The second kappa shape index (κ2) is 8.60. The molecule has 0 aromatic carbocycles. The lowest BCUT2D eigenvalue weighted by atomic mass is 9.98. The normalized spacial score (nSPS) is 14.3. The first-order chi connectivity index (χ1) is 11.2. The summed E-state index contributed by atoms with van der Waals surface area (Å²) in [4.78, 5) is 15.5. The molecule has 2 aromatic heterocycles. The van der Waals surface area contributed by atoms with Gasteiger partial charge in [0.15, 0.2) is 5.69 Å². The van der Waals surface area contributed by atoms with Crippen LogP contribution in [-0.2, 0) is 0 Å². The first-order valence-corrected chi connectivity index (χ1v) is 7.42. The minimum atomic E-state index is 0.0359. The number of nitrogens with one attached hydrogen (secondary N) is 1. The van der Waals surface area contributed by atoms with Gasteiger partial charge in [0.25, 0.3) is 0 Å². The molecule has 1 aliphatic rings. The lowest BCUT2D eigenvalue weighted by Crippen LogP contribution is -2.09. The summed E-state index contributed by atoms with van der Waals surface area (Å²) in [7, 11) is 0. The van der Waals surface area contributed by atoms with Gasteiger partial charge in [0.2, 0.25) is 0 Å². The van der Waals surface area contributed by atoms with Gasteiger partial charge in [-0.05, 0) is 12.8 Å². The van der Waals surface area contributed by atoms with Gasteiger partial charge in [-0.2, -0.15) is 5.26 Å². The molecule has 4 N–H and O–H groups in total. The van der Waals surface area contributed by atoms with Crippen LogP contribution in [0.4, 0.5) is 17.5 Å². The molecular weight excluding hydrogens is 294 g/mol. The molecule has 120 valence electrons. The molecule has 23 heavy (non-hydrogen) atoms. The fraction of sp³-hybridized carbons (Fsp3) is 0.400. The fourth-order valence-electron chi connectivity index (χ4n) is 2.10. The summed E-state index contributed by atoms with van der Waals surface area (Å²) in [6, 6.07) is 3.45. The Balaban J connectivity index is 0.000000229. The van der Waals surface area contributed by atoms with Crippen LogP contribution in [0.25, 0.3) is 0 Å². The minimum Gasteiger partial charge on any atom is -0.393 e. The van der Waals surface area contributed by atoms with Gasteiger partial charge in [-0.25, -0.2) is 19.9 Å². The van der Waals surface area contributed by atoms with E-state index in [-0.39, 0.29) is 11.8 Å². The quantitative estimate of drug-likeness (QED) is 0.763. The van der Waals surface area contributed by atoms with E-state index in [4.69, 9.17) is 16.1 Å². The monoisotopic (exact) mass is 313 g/mol. The Morgan fingerprint density at radius 1 is 1.09 bits per heavy atom. The summed E-state index contributed by atoms with van der Waals surface area (Å²) in [5.74, 6) is 1.36. The maximum Gasteiger partial charge on any atom is 0.158 e. The number of aliphatic hydroxyl groups excluding tert-OH is 1. The van der Waals surface area contributed by atoms with Crippen molar-refractivity contribution in [2.45, 2.75) is 38.2 Å². The summed E-state index contributed by atoms with van der Waals surface area (Å²) in [6.45, 7) is 0. The average Bonchev–Trinajstić information content (AvgIpc) is 2.57. The number of aromatic nitrogens is 4. The van der Waals surface area contributed by atoms with Crippen molar-refractivity contribution in [3.05, 3.63) is 30.5 Å². The molecule has 2 aromatic rings. The zero-order valence-electron chi connectivity index (χ0n) is 12.7. The highest BCUT2D eigenvalue weighted by molar-refractivity contribution is 5.53. The van der Waals surface area contributed by atoms with Gasteiger partial charge >= 0.3 is 0 Å². The van der Waals surface area contributed by atoms with E-state index >= 15 is 0 Å². The van der Waals surface area contributed by atoms with Crippen molar-refractivity contribution in [2.75, 3.05) is 11.1 Å². The molecule has 2 heterocycles. The van der Waals surface area contributed by atoms with Crippen LogP contribution in [0.1, 0.15) is 37.8 Å². The molecule has 0 aliphatic heterocycles. The molecule has 0 saturated heterocycles. The molecule has 0 atom stereocenters. The second-order valence-corrected chi connectivity index (χ2v) is 5.14. The van der Waals surface area contributed by atoms with E-state index < -0.39 is 0 Å². The van der Waals surface area contributed by atoms with Gasteiger partial charge in [-0.1, -0.05) is 19.3 Å². The van der Waals surface area contributed by atoms with E-state index in [1.807, 2.05) is 6.07 Å². The third-order valence-electron chi connectivity index (χ3n) is 3.29. The van der Waals surface area contributed by atoms with Crippen molar-refractivity contribution in [1.29, 1.82) is 5.26 Å². The molecule has 0 amide bonds. The summed E-state index contributed by atoms with van der Waals surface area (Å²) >= 11 is 0. The van der Waals surface area contributed by atoms with Crippen LogP contribution < -0.4 is 11.1 Å². The largest absolute Gasteiger partial charge is 0.393 e. The predicted molar refractivity (Wildman–Crippen MR) is 85.6 cm³/mol. The summed E-state index contributed by atoms with van der Waals surface area (Å²) in [6.07, 6.45) is 10.1. The highest BCUT2D eigenvalue weighted by Crippen LogP contribution is 2.16. The highest BCUT2D eigenvalue weighted by atomic mass is 16.3. The lowest BCUT2D eigenvalue weighted by molar-refractivity contribution is 0.130. The van der Waals surface area contributed by atoms with Crippen molar-refractivity contribution in [2.24, 2.45) is 0 Å². The molecule has 1 fully saturated rings. The summed E-state index contributed by atoms with van der Waals surface area (Å²) in [5.41, 5.74) is 5.74. The first kappa shape index (κ1) is 16.6. The molecular formula is C15H19N7O. The number of nitrogens with zero attached hydrogens (tertiary/aromatic N) is 5. The Hall–Kier alpha value is -2.79. The number of nitrogen functional groups attached to an aromatic ring is 1. The van der Waals surface area contributed by atoms with E-state index in [1.54, 1.807) is 6.07 Å². The zero-order valence-corrected chi connectivity index (χ0v) is 12.7. The molecule has 0 unspecified atom stereocenters. The summed E-state index contributed by atoms with van der Waals surface area (Å²) in [5, 5.41) is 20.3. The Morgan fingerprint density at radius 2 is 1.87 bits per heavy atom. The Labute approximate surface area is 134 Å². The SMILES string of the molecule is N#Cc1cnc(Nc2cc(N)ncn2)cn1.OC1CCCCC1. The Morgan fingerprint density at radius 3 is 2.39 bits per heavy atom. The van der Waals surface area contributed by atoms with Gasteiger partial charge in [0, 0.05) is 6.07 Å². The molecule has 0 bridgehead atoms. The molecule has 1 saturated carbocycles. The van der Waals surface area contributed by atoms with Crippen LogP contribution in [0.2, 0.25) is 0 Å². The predicted octanol–water partition coefficient (Wildman–Crippen LogP) is 1.78. The van der Waals surface area contributed by atoms with Crippen molar-refractivity contribution in [3.63, 3.8) is 0 Å². The lowest BCUT2D eigenvalue weighted by Gasteiger charge is -2.14. The maximum atomic E-state index is 8.91. The van der Waals surface area contributed by atoms with Crippen molar-refractivity contribution in [3.8, 4) is 6.07 Å². The molecule has 0 radical (unpaired) electrons. The Kier molecular flexibility index (Phi) is 6.20. The van der Waals surface area contributed by atoms with Crippen LogP contribution in [0, 0.1) is 11.3 Å². The molecule has 1 aliphatic carbocycles. The van der Waals surface area contributed by atoms with Crippen LogP contribution in [-0.4, -0.2) is 31.1 Å². The second-order valence-electron chi connectivity index (χ2n) is 5.14. The van der Waals surface area contributed by atoms with Crippen molar-refractivity contribution < 1.29 is 5.11 Å². The standard InChI is InChI=1S/C9H7N7.C6H12O/c10-2-6-3-13-9(4-12-6)16-8-1-7(11)14-5-15-8;7-6-4-2-1-3-5-6/h1,3-5H,(H3,11,13,14,15,16);6-7H,1-5H2. The van der Waals surface area contributed by atoms with E-state index in [0.717, 1.165) is 12.8 Å². The van der Waals surface area contributed by atoms with Gasteiger partial charge in [-0.3, -0.25) is 0 Å². The zero-order chi connectivity index (χ0) is 16.5. The summed E-state index contributed by atoms with van der Waals surface area (Å²) < 4.78 is 0. The number of rotatable bonds is 2. The number of aliphatic hydroxyl groups is 1. The van der Waals surface area contributed by atoms with Crippen LogP contribution >= 0.6 is 0 Å².